The summed E-state index contributed by atoms with van der Waals surface area (Å²) in [5.74, 6) is 0.836. The molecular formula is C12H16N4O3S. The molecule has 7 nitrogen and oxygen atoms in total. The Morgan fingerprint density at radius 2 is 2.10 bits per heavy atom. The molecule has 0 atom stereocenters. The van der Waals surface area contributed by atoms with E-state index in [1.807, 2.05) is 6.92 Å². The van der Waals surface area contributed by atoms with Gasteiger partial charge in [0.15, 0.2) is 0 Å². The Labute approximate surface area is 117 Å². The van der Waals surface area contributed by atoms with Gasteiger partial charge in [-0.2, -0.15) is 4.31 Å². The van der Waals surface area contributed by atoms with Crippen molar-refractivity contribution in [3.05, 3.63) is 18.2 Å². The molecule has 1 aliphatic rings. The highest BCUT2D eigenvalue weighted by Crippen LogP contribution is 2.25. The van der Waals surface area contributed by atoms with Crippen molar-refractivity contribution in [1.82, 2.24) is 19.5 Å². The highest BCUT2D eigenvalue weighted by molar-refractivity contribution is 7.89. The minimum absolute atomic E-state index is 0.241. The molecule has 0 spiro atoms. The molecule has 0 amide bonds. The van der Waals surface area contributed by atoms with Crippen LogP contribution in [0.3, 0.4) is 0 Å². The summed E-state index contributed by atoms with van der Waals surface area (Å²) in [6.45, 7) is 3.09. The molecule has 108 valence electrons. The lowest BCUT2D eigenvalue weighted by molar-refractivity contribution is 0.477. The fourth-order valence-electron chi connectivity index (χ4n) is 2.23. The Kier molecular flexibility index (Phi) is 3.35. The maximum Gasteiger partial charge on any atom is 0.264 e. The monoisotopic (exact) mass is 296 g/mol. The fourth-order valence-corrected chi connectivity index (χ4v) is 3.74. The van der Waals surface area contributed by atoms with Crippen LogP contribution < -0.4 is 0 Å². The highest BCUT2D eigenvalue weighted by Gasteiger charge is 2.28. The summed E-state index contributed by atoms with van der Waals surface area (Å²) in [5, 5.41) is 7.76. The van der Waals surface area contributed by atoms with E-state index in [9.17, 15) is 8.42 Å². The van der Waals surface area contributed by atoms with Gasteiger partial charge in [-0.25, -0.2) is 8.42 Å². The maximum absolute atomic E-state index is 12.4. The summed E-state index contributed by atoms with van der Waals surface area (Å²) in [4.78, 5) is 3.13. The van der Waals surface area contributed by atoms with Gasteiger partial charge in [-0.05, 0) is 18.9 Å². The third-order valence-corrected chi connectivity index (χ3v) is 5.24. The molecule has 3 rings (SSSR count). The Morgan fingerprint density at radius 3 is 2.75 bits per heavy atom. The van der Waals surface area contributed by atoms with E-state index in [2.05, 4.69) is 15.2 Å². The van der Waals surface area contributed by atoms with Crippen molar-refractivity contribution in [3.8, 4) is 11.6 Å². The topological polar surface area (TPSA) is 92.1 Å². The number of aromatic amines is 1. The van der Waals surface area contributed by atoms with Crippen LogP contribution in [0.15, 0.2) is 21.6 Å². The van der Waals surface area contributed by atoms with E-state index < -0.39 is 10.0 Å². The van der Waals surface area contributed by atoms with Crippen LogP contribution in [0.5, 0.6) is 0 Å². The van der Waals surface area contributed by atoms with Gasteiger partial charge in [0, 0.05) is 25.7 Å². The number of nitrogens with zero attached hydrogens (tertiary/aromatic N) is 3. The number of nitrogens with one attached hydrogen (secondary N) is 1. The van der Waals surface area contributed by atoms with Crippen LogP contribution >= 0.6 is 0 Å². The van der Waals surface area contributed by atoms with Gasteiger partial charge in [0.1, 0.15) is 10.6 Å². The number of hydrogen-bond donors (Lipinski definition) is 1. The van der Waals surface area contributed by atoms with E-state index in [0.717, 1.165) is 12.8 Å². The van der Waals surface area contributed by atoms with Gasteiger partial charge in [-0.3, -0.25) is 0 Å². The van der Waals surface area contributed by atoms with Crippen molar-refractivity contribution in [2.45, 2.75) is 31.1 Å². The Hall–Kier alpha value is -1.67. The number of sulfonamides is 1. The second kappa shape index (κ2) is 5.02. The molecule has 2 aromatic heterocycles. The standard InChI is InChI=1S/C12H16N4O3S/c1-2-11-14-15-12(19-11)10-7-9(8-13-10)20(17,18)16-5-3-4-6-16/h7-8,13H,2-6H2,1H3. The molecule has 3 heterocycles. The Morgan fingerprint density at radius 1 is 1.35 bits per heavy atom. The molecule has 20 heavy (non-hydrogen) atoms. The molecule has 0 radical (unpaired) electrons. The molecule has 0 aromatic carbocycles. The number of aromatic nitrogens is 3. The molecule has 0 aliphatic carbocycles. The summed E-state index contributed by atoms with van der Waals surface area (Å²) in [7, 11) is -3.41. The Balaban J connectivity index is 1.89. The Bertz CT molecular complexity index is 698. The zero-order valence-electron chi connectivity index (χ0n) is 11.2. The summed E-state index contributed by atoms with van der Waals surface area (Å²) in [6, 6.07) is 1.54. The quantitative estimate of drug-likeness (QED) is 0.921. The number of aryl methyl sites for hydroxylation is 1. The normalized spacial score (nSPS) is 16.9. The minimum atomic E-state index is -3.41. The van der Waals surface area contributed by atoms with Crippen LogP contribution in [0.4, 0.5) is 0 Å². The first-order valence-electron chi connectivity index (χ1n) is 6.62. The van der Waals surface area contributed by atoms with E-state index in [0.29, 0.717) is 37.0 Å². The van der Waals surface area contributed by atoms with Crippen LogP contribution in [0, 0.1) is 0 Å². The average molecular weight is 296 g/mol. The third kappa shape index (κ3) is 2.25. The summed E-state index contributed by atoms with van der Waals surface area (Å²) in [5.41, 5.74) is 0.523. The van der Waals surface area contributed by atoms with E-state index in [-0.39, 0.29) is 4.90 Å². The van der Waals surface area contributed by atoms with Gasteiger partial charge >= 0.3 is 0 Å². The molecule has 1 N–H and O–H groups in total. The van der Waals surface area contributed by atoms with Crippen molar-refractivity contribution < 1.29 is 12.8 Å². The van der Waals surface area contributed by atoms with Gasteiger partial charge in [-0.1, -0.05) is 6.92 Å². The lowest BCUT2D eigenvalue weighted by Crippen LogP contribution is -2.27. The van der Waals surface area contributed by atoms with Crippen molar-refractivity contribution >= 4 is 10.0 Å². The second-order valence-corrected chi connectivity index (χ2v) is 6.65. The first kappa shape index (κ1) is 13.3. The largest absolute Gasteiger partial charge is 0.419 e. The molecular weight excluding hydrogens is 280 g/mol. The van der Waals surface area contributed by atoms with Crippen LogP contribution in [0.25, 0.3) is 11.6 Å². The van der Waals surface area contributed by atoms with Gasteiger partial charge in [-0.15, -0.1) is 10.2 Å². The van der Waals surface area contributed by atoms with Crippen molar-refractivity contribution in [1.29, 1.82) is 0 Å². The fraction of sp³-hybridized carbons (Fsp3) is 0.500. The summed E-state index contributed by atoms with van der Waals surface area (Å²) in [6.07, 6.45) is 3.95. The molecule has 8 heteroatoms. The molecule has 2 aromatic rings. The van der Waals surface area contributed by atoms with E-state index in [1.54, 1.807) is 6.07 Å². The van der Waals surface area contributed by atoms with Crippen LogP contribution in [-0.2, 0) is 16.4 Å². The highest BCUT2D eigenvalue weighted by atomic mass is 32.2. The van der Waals surface area contributed by atoms with Gasteiger partial charge in [0.05, 0.1) is 0 Å². The number of rotatable bonds is 4. The van der Waals surface area contributed by atoms with Gasteiger partial charge < -0.3 is 9.40 Å². The molecule has 0 saturated carbocycles. The number of hydrogen-bond acceptors (Lipinski definition) is 5. The van der Waals surface area contributed by atoms with E-state index >= 15 is 0 Å². The molecule has 1 aliphatic heterocycles. The SMILES string of the molecule is CCc1nnc(-c2cc(S(=O)(=O)N3CCCC3)c[nH]2)o1. The summed E-state index contributed by atoms with van der Waals surface area (Å²) >= 11 is 0. The predicted octanol–water partition coefficient (Wildman–Crippen LogP) is 1.41. The summed E-state index contributed by atoms with van der Waals surface area (Å²) < 4.78 is 31.7. The lowest BCUT2D eigenvalue weighted by Gasteiger charge is -2.13. The van der Waals surface area contributed by atoms with Gasteiger partial charge in [0.25, 0.3) is 5.89 Å². The smallest absolute Gasteiger partial charge is 0.264 e. The van der Waals surface area contributed by atoms with Crippen molar-refractivity contribution in [2.24, 2.45) is 0 Å². The van der Waals surface area contributed by atoms with Crippen molar-refractivity contribution in [2.75, 3.05) is 13.1 Å². The van der Waals surface area contributed by atoms with E-state index in [4.69, 9.17) is 4.42 Å². The molecule has 0 unspecified atom stereocenters. The zero-order chi connectivity index (χ0) is 14.2. The van der Waals surface area contributed by atoms with Crippen LogP contribution in [-0.4, -0.2) is 41.0 Å². The zero-order valence-corrected chi connectivity index (χ0v) is 12.0. The number of H-pyrrole nitrogens is 1. The minimum Gasteiger partial charge on any atom is -0.419 e. The van der Waals surface area contributed by atoms with Crippen LogP contribution in [0.1, 0.15) is 25.7 Å². The maximum atomic E-state index is 12.4. The predicted molar refractivity (Wildman–Crippen MR) is 71.5 cm³/mol. The first-order valence-corrected chi connectivity index (χ1v) is 8.06. The lowest BCUT2D eigenvalue weighted by atomic mass is 10.4. The molecule has 1 saturated heterocycles. The third-order valence-electron chi connectivity index (χ3n) is 3.36. The first-order chi connectivity index (χ1) is 9.61. The van der Waals surface area contributed by atoms with Gasteiger partial charge in [0.2, 0.25) is 15.9 Å². The second-order valence-electron chi connectivity index (χ2n) is 4.71. The van der Waals surface area contributed by atoms with E-state index in [1.165, 1.54) is 10.5 Å². The molecule has 1 fully saturated rings. The van der Waals surface area contributed by atoms with Crippen LogP contribution in [0.2, 0.25) is 0 Å². The molecule has 0 bridgehead atoms. The van der Waals surface area contributed by atoms with Crippen molar-refractivity contribution in [3.63, 3.8) is 0 Å². The average Bonchev–Trinajstić information content (AvgIpc) is 3.18.